The number of nitrogens with zero attached hydrogens (tertiary/aromatic N) is 4. The average molecular weight is 561 g/mol. The minimum atomic E-state index is -0.918. The third-order valence-corrected chi connectivity index (χ3v) is 6.35. The van der Waals surface area contributed by atoms with Crippen molar-refractivity contribution in [2.75, 3.05) is 14.2 Å². The molecule has 1 N–H and O–H groups in total. The summed E-state index contributed by atoms with van der Waals surface area (Å²) in [6, 6.07) is 27.3. The van der Waals surface area contributed by atoms with Gasteiger partial charge in [0.25, 0.3) is 5.91 Å². The van der Waals surface area contributed by atoms with E-state index in [1.54, 1.807) is 56.7 Å². The van der Waals surface area contributed by atoms with Gasteiger partial charge in [0.05, 0.1) is 34.8 Å². The van der Waals surface area contributed by atoms with Crippen molar-refractivity contribution in [2.45, 2.75) is 6.92 Å². The summed E-state index contributed by atoms with van der Waals surface area (Å²) in [6.45, 7) is 1.57. The van der Waals surface area contributed by atoms with Crippen LogP contribution in [0.5, 0.6) is 0 Å². The maximum absolute atomic E-state index is 12.0. The molecular formula is C33H28N4O5. The molecule has 0 unspecified atom stereocenters. The number of carbonyl (C=O) groups is 3. The van der Waals surface area contributed by atoms with Crippen molar-refractivity contribution in [3.05, 3.63) is 126 Å². The van der Waals surface area contributed by atoms with Crippen molar-refractivity contribution in [1.82, 2.24) is 20.0 Å². The minimum absolute atomic E-state index is 0.0820. The predicted molar refractivity (Wildman–Crippen MR) is 161 cm³/mol. The molecule has 1 amide bonds. The molecule has 9 heteroatoms. The van der Waals surface area contributed by atoms with E-state index in [0.717, 1.165) is 27.4 Å². The fraction of sp³-hybridized carbons (Fsp3) is 0.0909. The molecule has 3 aromatic carbocycles. The van der Waals surface area contributed by atoms with E-state index in [9.17, 15) is 14.4 Å². The first-order valence-corrected chi connectivity index (χ1v) is 12.9. The van der Waals surface area contributed by atoms with E-state index in [4.69, 9.17) is 9.94 Å². The van der Waals surface area contributed by atoms with Gasteiger partial charge in [-0.2, -0.15) is 0 Å². The van der Waals surface area contributed by atoms with Crippen molar-refractivity contribution >= 4 is 50.4 Å². The Morgan fingerprint density at radius 3 is 1.43 bits per heavy atom. The number of para-hydroxylation sites is 3. The van der Waals surface area contributed by atoms with Gasteiger partial charge in [-0.25, -0.2) is 9.86 Å². The zero-order chi connectivity index (χ0) is 30.1. The summed E-state index contributed by atoms with van der Waals surface area (Å²) in [5, 5.41) is 12.5. The normalized spacial score (nSPS) is 10.3. The number of rotatable bonds is 4. The van der Waals surface area contributed by atoms with Crippen molar-refractivity contribution in [1.29, 1.82) is 0 Å². The molecule has 9 nitrogen and oxygen atoms in total. The molecule has 0 bridgehead atoms. The van der Waals surface area contributed by atoms with Gasteiger partial charge in [0, 0.05) is 47.4 Å². The number of aromatic carboxylic acids is 1. The zero-order valence-electron chi connectivity index (χ0n) is 23.3. The molecule has 42 heavy (non-hydrogen) atoms. The first kappa shape index (κ1) is 29.4. The molecule has 0 atom stereocenters. The zero-order valence-corrected chi connectivity index (χ0v) is 23.3. The van der Waals surface area contributed by atoms with Gasteiger partial charge < -0.3 is 5.11 Å². The molecule has 0 aliphatic heterocycles. The number of hydrogen-bond acceptors (Lipinski definition) is 7. The minimum Gasteiger partial charge on any atom is -0.478 e. The van der Waals surface area contributed by atoms with Crippen LogP contribution in [0.3, 0.4) is 0 Å². The Labute approximate surface area is 242 Å². The molecule has 0 saturated carbocycles. The van der Waals surface area contributed by atoms with E-state index in [1.165, 1.54) is 24.4 Å². The lowest BCUT2D eigenvalue weighted by Crippen LogP contribution is -2.25. The SMILES string of the molecule is CC(=O)c1ccnc2ccccc12.CON(C)C(=O)c1ccnc2ccccc12.O=C(O)c1ccnc2ccccc12. The first-order chi connectivity index (χ1) is 20.3. The van der Waals surface area contributed by atoms with Crippen molar-refractivity contribution < 1.29 is 24.3 Å². The number of carboxylic acid groups (broad SMARTS) is 1. The van der Waals surface area contributed by atoms with E-state index >= 15 is 0 Å². The highest BCUT2D eigenvalue weighted by atomic mass is 16.7. The molecule has 6 rings (SSSR count). The Balaban J connectivity index is 0.000000146. The maximum Gasteiger partial charge on any atom is 0.336 e. The van der Waals surface area contributed by atoms with E-state index in [1.807, 2.05) is 54.6 Å². The van der Waals surface area contributed by atoms with Gasteiger partial charge in [-0.05, 0) is 43.3 Å². The Kier molecular flexibility index (Phi) is 9.60. The number of hydrogen-bond donors (Lipinski definition) is 1. The fourth-order valence-electron chi connectivity index (χ4n) is 4.22. The van der Waals surface area contributed by atoms with Crippen LogP contribution in [0.15, 0.2) is 110 Å². The summed E-state index contributed by atoms with van der Waals surface area (Å²) in [4.78, 5) is 51.3. The molecule has 0 spiro atoms. The van der Waals surface area contributed by atoms with Gasteiger partial charge >= 0.3 is 5.97 Å². The Bertz CT molecular complexity index is 1780. The molecule has 210 valence electrons. The van der Waals surface area contributed by atoms with Crippen LogP contribution in [-0.2, 0) is 4.84 Å². The van der Waals surface area contributed by atoms with Crippen LogP contribution in [0.1, 0.15) is 38.0 Å². The molecule has 3 heterocycles. The molecule has 0 aliphatic carbocycles. The van der Waals surface area contributed by atoms with Gasteiger partial charge in [-0.15, -0.1) is 0 Å². The standard InChI is InChI=1S/C12H12N2O2.C11H9NO.C10H7NO2/c1-14(16-2)12(15)10-7-8-13-11-6-4-3-5-9(10)11;1-8(13)9-6-7-12-11-5-3-2-4-10(9)11;12-10(13)8-5-6-11-9-4-2-1-3-7(8)9/h3-8H,1-2H3;2-7H,1H3;1-6H,(H,12,13). The van der Waals surface area contributed by atoms with Crippen molar-refractivity contribution in [3.63, 3.8) is 0 Å². The van der Waals surface area contributed by atoms with Crippen LogP contribution in [0.2, 0.25) is 0 Å². The summed E-state index contributed by atoms with van der Waals surface area (Å²) in [6.07, 6.45) is 4.80. The highest BCUT2D eigenvalue weighted by Gasteiger charge is 2.14. The van der Waals surface area contributed by atoms with Gasteiger partial charge in [0.1, 0.15) is 0 Å². The van der Waals surface area contributed by atoms with Crippen LogP contribution < -0.4 is 0 Å². The number of carboxylic acids is 1. The first-order valence-electron chi connectivity index (χ1n) is 12.9. The van der Waals surface area contributed by atoms with Crippen LogP contribution >= 0.6 is 0 Å². The number of carbonyl (C=O) groups excluding carboxylic acids is 2. The van der Waals surface area contributed by atoms with Crippen LogP contribution in [0.4, 0.5) is 0 Å². The Morgan fingerprint density at radius 2 is 1.00 bits per heavy atom. The smallest absolute Gasteiger partial charge is 0.336 e. The summed E-state index contributed by atoms with van der Waals surface area (Å²) in [5.74, 6) is -1.02. The van der Waals surface area contributed by atoms with E-state index < -0.39 is 5.97 Å². The number of amides is 1. The fourth-order valence-corrected chi connectivity index (χ4v) is 4.22. The topological polar surface area (TPSA) is 123 Å². The molecular weight excluding hydrogens is 532 g/mol. The third-order valence-electron chi connectivity index (χ3n) is 6.35. The summed E-state index contributed by atoms with van der Waals surface area (Å²) in [7, 11) is 3.04. The third kappa shape index (κ3) is 6.78. The number of pyridine rings is 3. The molecule has 0 radical (unpaired) electrons. The number of fused-ring (bicyclic) bond motifs is 3. The van der Waals surface area contributed by atoms with E-state index in [2.05, 4.69) is 15.0 Å². The predicted octanol–water partition coefficient (Wildman–Crippen LogP) is 6.24. The summed E-state index contributed by atoms with van der Waals surface area (Å²) >= 11 is 0. The average Bonchev–Trinajstić information content (AvgIpc) is 3.03. The van der Waals surface area contributed by atoms with Gasteiger partial charge in [0.2, 0.25) is 0 Å². The largest absolute Gasteiger partial charge is 0.478 e. The summed E-state index contributed by atoms with van der Waals surface area (Å²) < 4.78 is 0. The van der Waals surface area contributed by atoms with Gasteiger partial charge in [0.15, 0.2) is 5.78 Å². The molecule has 0 aliphatic rings. The van der Waals surface area contributed by atoms with E-state index in [-0.39, 0.29) is 11.7 Å². The number of aromatic nitrogens is 3. The molecule has 6 aromatic rings. The van der Waals surface area contributed by atoms with E-state index in [0.29, 0.717) is 22.0 Å². The van der Waals surface area contributed by atoms with Crippen molar-refractivity contribution in [2.24, 2.45) is 0 Å². The lowest BCUT2D eigenvalue weighted by Gasteiger charge is -2.14. The second-order valence-electron chi connectivity index (χ2n) is 8.97. The van der Waals surface area contributed by atoms with Crippen LogP contribution in [0, 0.1) is 0 Å². The highest BCUT2D eigenvalue weighted by molar-refractivity contribution is 6.06. The van der Waals surface area contributed by atoms with Crippen molar-refractivity contribution in [3.8, 4) is 0 Å². The Hall–Kier alpha value is -5.54. The van der Waals surface area contributed by atoms with Gasteiger partial charge in [-0.3, -0.25) is 29.4 Å². The number of Topliss-reactive ketones (excluding diaryl/α,β-unsaturated/α-hetero) is 1. The number of ketones is 1. The quantitative estimate of drug-likeness (QED) is 0.199. The lowest BCUT2D eigenvalue weighted by molar-refractivity contribution is -0.0755. The summed E-state index contributed by atoms with van der Waals surface area (Å²) in [5.41, 5.74) is 4.02. The highest BCUT2D eigenvalue weighted by Crippen LogP contribution is 2.18. The Morgan fingerprint density at radius 1 is 0.619 bits per heavy atom. The lowest BCUT2D eigenvalue weighted by atomic mass is 10.1. The second-order valence-corrected chi connectivity index (χ2v) is 8.97. The maximum atomic E-state index is 12.0. The molecule has 0 saturated heterocycles. The molecule has 0 fully saturated rings. The van der Waals surface area contributed by atoms with Crippen LogP contribution in [-0.4, -0.2) is 56.9 Å². The number of benzene rings is 3. The number of hydroxylamine groups is 2. The molecule has 3 aromatic heterocycles. The van der Waals surface area contributed by atoms with Crippen LogP contribution in [0.25, 0.3) is 32.7 Å². The monoisotopic (exact) mass is 560 g/mol. The second kappa shape index (κ2) is 13.7. The van der Waals surface area contributed by atoms with Gasteiger partial charge in [-0.1, -0.05) is 54.6 Å².